The highest BCUT2D eigenvalue weighted by atomic mass is 35.5. The molecule has 1 heterocycles. The fourth-order valence-electron chi connectivity index (χ4n) is 3.17. The summed E-state index contributed by atoms with van der Waals surface area (Å²) in [6.07, 6.45) is 2.87. The van der Waals surface area contributed by atoms with E-state index in [1.54, 1.807) is 0 Å². The maximum absolute atomic E-state index is 6.11. The Labute approximate surface area is 180 Å². The molecule has 1 aromatic heterocycles. The molecule has 4 aromatic rings. The summed E-state index contributed by atoms with van der Waals surface area (Å²) in [4.78, 5) is 3.28. The van der Waals surface area contributed by atoms with E-state index in [0.717, 1.165) is 46.0 Å². The third kappa shape index (κ3) is 5.08. The lowest BCUT2D eigenvalue weighted by Crippen LogP contribution is -2.30. The molecule has 3 aromatic carbocycles. The summed E-state index contributed by atoms with van der Waals surface area (Å²) < 4.78 is 0. The van der Waals surface area contributed by atoms with Crippen molar-refractivity contribution >= 4 is 56.9 Å². The molecule has 4 rings (SSSR count). The van der Waals surface area contributed by atoms with Gasteiger partial charge >= 0.3 is 0 Å². The number of rotatable bonds is 6. The normalized spacial score (nSPS) is 10.7. The van der Waals surface area contributed by atoms with E-state index < -0.39 is 0 Å². The zero-order chi connectivity index (χ0) is 20.1. The fraction of sp³-hybridized carbons (Fsp3) is 0.0870. The van der Waals surface area contributed by atoms with Gasteiger partial charge in [-0.25, -0.2) is 0 Å². The summed E-state index contributed by atoms with van der Waals surface area (Å²) in [7, 11) is 0. The standard InChI is InChI=1S/C23H21ClN4S/c24-17-6-11-22-21(14-17)16(15-26-22)12-13-25-23(29)28-20-9-7-19(8-10-20)27-18-4-2-1-3-5-18/h1-11,14-15,26-27H,12-13H2,(H2,25,28,29). The van der Waals surface area contributed by atoms with Crippen LogP contribution in [0.3, 0.4) is 0 Å². The van der Waals surface area contributed by atoms with Crippen LogP contribution in [-0.2, 0) is 6.42 Å². The maximum atomic E-state index is 6.11. The second kappa shape index (κ2) is 8.99. The number of hydrogen-bond acceptors (Lipinski definition) is 2. The molecular weight excluding hydrogens is 400 g/mol. The molecule has 0 amide bonds. The summed E-state index contributed by atoms with van der Waals surface area (Å²) >= 11 is 11.5. The number of para-hydroxylation sites is 1. The number of aromatic nitrogens is 1. The van der Waals surface area contributed by atoms with E-state index in [0.29, 0.717) is 5.11 Å². The maximum Gasteiger partial charge on any atom is 0.170 e. The number of nitrogens with one attached hydrogen (secondary N) is 4. The number of thiocarbonyl (C=S) groups is 1. The Morgan fingerprint density at radius 2 is 1.62 bits per heavy atom. The molecule has 0 bridgehead atoms. The predicted molar refractivity (Wildman–Crippen MR) is 127 cm³/mol. The number of fused-ring (bicyclic) bond motifs is 1. The Bertz CT molecular complexity index is 1110. The van der Waals surface area contributed by atoms with Crippen molar-refractivity contribution in [3.8, 4) is 0 Å². The molecule has 4 N–H and O–H groups in total. The van der Waals surface area contributed by atoms with Crippen molar-refractivity contribution in [2.75, 3.05) is 17.2 Å². The van der Waals surface area contributed by atoms with E-state index >= 15 is 0 Å². The third-order valence-corrected chi connectivity index (χ3v) is 5.10. The monoisotopic (exact) mass is 420 g/mol. The van der Waals surface area contributed by atoms with E-state index in [4.69, 9.17) is 23.8 Å². The highest BCUT2D eigenvalue weighted by Crippen LogP contribution is 2.22. The van der Waals surface area contributed by atoms with Gasteiger partial charge < -0.3 is 20.9 Å². The molecule has 0 spiro atoms. The van der Waals surface area contributed by atoms with Crippen LogP contribution in [0.5, 0.6) is 0 Å². The molecule has 0 atom stereocenters. The number of benzene rings is 3. The van der Waals surface area contributed by atoms with Crippen molar-refractivity contribution in [2.45, 2.75) is 6.42 Å². The minimum atomic E-state index is 0.603. The molecule has 0 aliphatic heterocycles. The van der Waals surface area contributed by atoms with Crippen molar-refractivity contribution in [1.29, 1.82) is 0 Å². The van der Waals surface area contributed by atoms with Gasteiger partial charge in [0.1, 0.15) is 0 Å². The largest absolute Gasteiger partial charge is 0.362 e. The molecule has 0 unspecified atom stereocenters. The Morgan fingerprint density at radius 1 is 0.897 bits per heavy atom. The van der Waals surface area contributed by atoms with E-state index in [-0.39, 0.29) is 0 Å². The van der Waals surface area contributed by atoms with Crippen LogP contribution in [0, 0.1) is 0 Å². The lowest BCUT2D eigenvalue weighted by atomic mass is 10.1. The molecule has 6 heteroatoms. The Balaban J connectivity index is 1.27. The lowest BCUT2D eigenvalue weighted by molar-refractivity contribution is 0.878. The molecule has 146 valence electrons. The first-order chi connectivity index (χ1) is 14.2. The number of hydrogen-bond donors (Lipinski definition) is 4. The van der Waals surface area contributed by atoms with Crippen LogP contribution in [0.1, 0.15) is 5.56 Å². The molecule has 0 radical (unpaired) electrons. The Morgan fingerprint density at radius 3 is 2.41 bits per heavy atom. The Hall–Kier alpha value is -3.02. The molecule has 0 aliphatic carbocycles. The van der Waals surface area contributed by atoms with Gasteiger partial charge in [-0.2, -0.15) is 0 Å². The van der Waals surface area contributed by atoms with Gasteiger partial charge in [-0.05, 0) is 78.8 Å². The zero-order valence-corrected chi connectivity index (χ0v) is 17.3. The van der Waals surface area contributed by atoms with Crippen LogP contribution in [0.15, 0.2) is 79.0 Å². The average molecular weight is 421 g/mol. The van der Waals surface area contributed by atoms with Crippen LogP contribution >= 0.6 is 23.8 Å². The lowest BCUT2D eigenvalue weighted by Gasteiger charge is -2.11. The van der Waals surface area contributed by atoms with Crippen molar-refractivity contribution in [1.82, 2.24) is 10.3 Å². The second-order valence-electron chi connectivity index (χ2n) is 6.70. The smallest absolute Gasteiger partial charge is 0.170 e. The Kier molecular flexibility index (Phi) is 5.98. The average Bonchev–Trinajstić information content (AvgIpc) is 3.12. The number of halogens is 1. The van der Waals surface area contributed by atoms with Crippen molar-refractivity contribution in [3.63, 3.8) is 0 Å². The summed E-state index contributed by atoms with van der Waals surface area (Å²) in [5.74, 6) is 0. The van der Waals surface area contributed by atoms with Gasteiger partial charge in [0.15, 0.2) is 5.11 Å². The molecule has 4 nitrogen and oxygen atoms in total. The molecule has 0 aliphatic rings. The molecular formula is C23H21ClN4S. The fourth-order valence-corrected chi connectivity index (χ4v) is 3.56. The molecule has 0 fully saturated rings. The van der Waals surface area contributed by atoms with Gasteiger partial charge in [0.2, 0.25) is 0 Å². The molecule has 29 heavy (non-hydrogen) atoms. The molecule has 0 saturated heterocycles. The van der Waals surface area contributed by atoms with E-state index in [2.05, 4.69) is 20.9 Å². The van der Waals surface area contributed by atoms with E-state index in [9.17, 15) is 0 Å². The van der Waals surface area contributed by atoms with Gasteiger partial charge in [0.05, 0.1) is 0 Å². The SMILES string of the molecule is S=C(NCCc1c[nH]c2ccc(Cl)cc12)Nc1ccc(Nc2ccccc2)cc1. The van der Waals surface area contributed by atoms with Gasteiger partial charge in [0, 0.05) is 45.7 Å². The summed E-state index contributed by atoms with van der Waals surface area (Å²) in [5, 5.41) is 12.3. The molecule has 0 saturated carbocycles. The minimum absolute atomic E-state index is 0.603. The highest BCUT2D eigenvalue weighted by molar-refractivity contribution is 7.80. The van der Waals surface area contributed by atoms with Gasteiger partial charge in [-0.1, -0.05) is 29.8 Å². The van der Waals surface area contributed by atoms with Crippen LogP contribution in [0.4, 0.5) is 17.1 Å². The second-order valence-corrected chi connectivity index (χ2v) is 7.55. The van der Waals surface area contributed by atoms with Crippen molar-refractivity contribution in [3.05, 3.63) is 89.6 Å². The van der Waals surface area contributed by atoms with Crippen molar-refractivity contribution < 1.29 is 0 Å². The zero-order valence-electron chi connectivity index (χ0n) is 15.7. The van der Waals surface area contributed by atoms with E-state index in [1.807, 2.05) is 79.0 Å². The van der Waals surface area contributed by atoms with Crippen LogP contribution in [0.25, 0.3) is 10.9 Å². The summed E-state index contributed by atoms with van der Waals surface area (Å²) in [6.45, 7) is 0.735. The number of H-pyrrole nitrogens is 1. The quantitative estimate of drug-likeness (QED) is 0.285. The van der Waals surface area contributed by atoms with Gasteiger partial charge in [-0.15, -0.1) is 0 Å². The van der Waals surface area contributed by atoms with E-state index in [1.165, 1.54) is 5.56 Å². The van der Waals surface area contributed by atoms with Crippen LogP contribution < -0.4 is 16.0 Å². The van der Waals surface area contributed by atoms with Crippen LogP contribution in [-0.4, -0.2) is 16.6 Å². The third-order valence-electron chi connectivity index (χ3n) is 4.61. The van der Waals surface area contributed by atoms with Gasteiger partial charge in [-0.3, -0.25) is 0 Å². The number of aromatic amines is 1. The first-order valence-electron chi connectivity index (χ1n) is 9.40. The van der Waals surface area contributed by atoms with Crippen LogP contribution in [0.2, 0.25) is 5.02 Å². The first-order valence-corrected chi connectivity index (χ1v) is 10.2. The summed E-state index contributed by atoms with van der Waals surface area (Å²) in [6, 6.07) is 24.0. The minimum Gasteiger partial charge on any atom is -0.362 e. The topological polar surface area (TPSA) is 51.9 Å². The van der Waals surface area contributed by atoms with Gasteiger partial charge in [0.25, 0.3) is 0 Å². The predicted octanol–water partition coefficient (Wildman–Crippen LogP) is 6.09. The number of anilines is 3. The summed E-state index contributed by atoms with van der Waals surface area (Å²) in [5.41, 5.74) is 5.34. The highest BCUT2D eigenvalue weighted by Gasteiger charge is 2.05. The van der Waals surface area contributed by atoms with Crippen molar-refractivity contribution in [2.24, 2.45) is 0 Å². The first kappa shape index (κ1) is 19.3.